The second-order valence-corrected chi connectivity index (χ2v) is 4.20. The van der Waals surface area contributed by atoms with Crippen LogP contribution < -0.4 is 5.73 Å². The predicted molar refractivity (Wildman–Crippen MR) is 69.9 cm³/mol. The molecule has 0 aromatic heterocycles. The Bertz CT molecular complexity index is 337. The molecule has 0 spiro atoms. The maximum Gasteiger partial charge on any atom is 0.207 e. The van der Waals surface area contributed by atoms with Crippen LogP contribution in [0.3, 0.4) is 0 Å². The zero-order chi connectivity index (χ0) is 12.9. The molecule has 2 N–H and O–H groups in total. The number of hydrogen-bond donors (Lipinski definition) is 1. The third kappa shape index (κ3) is 3.28. The molecule has 0 radical (unpaired) electrons. The summed E-state index contributed by atoms with van der Waals surface area (Å²) in [4.78, 5) is 0. The van der Waals surface area contributed by atoms with Gasteiger partial charge < -0.3 is 15.2 Å². The van der Waals surface area contributed by atoms with Gasteiger partial charge in [0.1, 0.15) is 0 Å². The Morgan fingerprint density at radius 2 is 1.47 bits per heavy atom. The second kappa shape index (κ2) is 6.15. The first-order valence-electron chi connectivity index (χ1n) is 6.14. The highest BCUT2D eigenvalue weighted by molar-refractivity contribution is 5.31. The number of nitrogens with two attached hydrogens (primary N) is 1. The van der Waals surface area contributed by atoms with Crippen molar-refractivity contribution in [3.05, 3.63) is 34.9 Å². The minimum absolute atomic E-state index is 0.317. The molecule has 0 aliphatic heterocycles. The lowest BCUT2D eigenvalue weighted by atomic mass is 10.00. The molecule has 0 saturated carbocycles. The lowest BCUT2D eigenvalue weighted by Crippen LogP contribution is -2.41. The molecule has 0 aliphatic rings. The average Bonchev–Trinajstić information content (AvgIpc) is 2.27. The van der Waals surface area contributed by atoms with E-state index >= 15 is 0 Å². The van der Waals surface area contributed by atoms with E-state index in [-0.39, 0.29) is 0 Å². The summed E-state index contributed by atoms with van der Waals surface area (Å²) < 4.78 is 11.5. The van der Waals surface area contributed by atoms with Gasteiger partial charge in [0, 0.05) is 18.8 Å². The third-order valence-electron chi connectivity index (χ3n) is 2.69. The van der Waals surface area contributed by atoms with Crippen LogP contribution in [0.1, 0.15) is 30.5 Å². The minimum atomic E-state index is -0.805. The van der Waals surface area contributed by atoms with Crippen LogP contribution in [0.15, 0.2) is 18.2 Å². The topological polar surface area (TPSA) is 44.5 Å². The Morgan fingerprint density at radius 3 is 1.82 bits per heavy atom. The summed E-state index contributed by atoms with van der Waals surface area (Å²) in [5.41, 5.74) is 9.25. The van der Waals surface area contributed by atoms with Gasteiger partial charge in [0.05, 0.1) is 6.54 Å². The van der Waals surface area contributed by atoms with Crippen LogP contribution in [0.4, 0.5) is 0 Å². The van der Waals surface area contributed by atoms with E-state index in [1.807, 2.05) is 13.8 Å². The normalized spacial score (nSPS) is 11.8. The standard InChI is InChI=1S/C14H23NO2/c1-5-16-14(10-15,17-6-2)13-8-11(3)7-12(4)9-13/h7-9H,5-6,10,15H2,1-4H3. The van der Waals surface area contributed by atoms with E-state index in [1.165, 1.54) is 11.1 Å². The van der Waals surface area contributed by atoms with Crippen molar-refractivity contribution in [1.29, 1.82) is 0 Å². The minimum Gasteiger partial charge on any atom is -0.345 e. The Balaban J connectivity index is 3.18. The Labute approximate surface area is 104 Å². The molecule has 0 saturated heterocycles. The number of aryl methyl sites for hydroxylation is 2. The summed E-state index contributed by atoms with van der Waals surface area (Å²) >= 11 is 0. The Kier molecular flexibility index (Phi) is 5.12. The van der Waals surface area contributed by atoms with Gasteiger partial charge in [0.2, 0.25) is 5.79 Å². The lowest BCUT2D eigenvalue weighted by Gasteiger charge is -2.32. The van der Waals surface area contributed by atoms with Crippen molar-refractivity contribution < 1.29 is 9.47 Å². The van der Waals surface area contributed by atoms with Gasteiger partial charge in [-0.3, -0.25) is 0 Å². The van der Waals surface area contributed by atoms with Gasteiger partial charge in [-0.25, -0.2) is 0 Å². The smallest absolute Gasteiger partial charge is 0.207 e. The van der Waals surface area contributed by atoms with E-state index in [9.17, 15) is 0 Å². The zero-order valence-electron chi connectivity index (χ0n) is 11.2. The fourth-order valence-corrected chi connectivity index (χ4v) is 2.10. The van der Waals surface area contributed by atoms with Gasteiger partial charge in [0.15, 0.2) is 0 Å². The van der Waals surface area contributed by atoms with Gasteiger partial charge in [0.25, 0.3) is 0 Å². The molecule has 0 bridgehead atoms. The molecule has 0 atom stereocenters. The molecular weight excluding hydrogens is 214 g/mol. The quantitative estimate of drug-likeness (QED) is 0.773. The van der Waals surface area contributed by atoms with Crippen LogP contribution >= 0.6 is 0 Å². The Morgan fingerprint density at radius 1 is 1.00 bits per heavy atom. The van der Waals surface area contributed by atoms with Gasteiger partial charge >= 0.3 is 0 Å². The van der Waals surface area contributed by atoms with Crippen molar-refractivity contribution in [2.24, 2.45) is 5.73 Å². The van der Waals surface area contributed by atoms with Crippen molar-refractivity contribution in [2.45, 2.75) is 33.5 Å². The molecular formula is C14H23NO2. The summed E-state index contributed by atoms with van der Waals surface area (Å²) in [7, 11) is 0. The molecule has 0 aliphatic carbocycles. The molecule has 0 fully saturated rings. The van der Waals surface area contributed by atoms with Crippen molar-refractivity contribution in [3.8, 4) is 0 Å². The van der Waals surface area contributed by atoms with Crippen LogP contribution in [0.2, 0.25) is 0 Å². The molecule has 1 aromatic carbocycles. The van der Waals surface area contributed by atoms with Gasteiger partial charge in [-0.05, 0) is 27.7 Å². The van der Waals surface area contributed by atoms with Crippen LogP contribution in [-0.4, -0.2) is 19.8 Å². The molecule has 3 heteroatoms. The first-order chi connectivity index (χ1) is 8.07. The van der Waals surface area contributed by atoms with Gasteiger partial charge in [-0.2, -0.15) is 0 Å². The first-order valence-corrected chi connectivity index (χ1v) is 6.14. The number of ether oxygens (including phenoxy) is 2. The molecule has 1 aromatic rings. The molecule has 0 amide bonds. The fourth-order valence-electron chi connectivity index (χ4n) is 2.10. The van der Waals surface area contributed by atoms with Crippen LogP contribution in [0, 0.1) is 13.8 Å². The SMILES string of the molecule is CCOC(CN)(OCC)c1cc(C)cc(C)c1. The molecule has 3 nitrogen and oxygen atoms in total. The molecule has 0 unspecified atom stereocenters. The molecule has 0 heterocycles. The van der Waals surface area contributed by atoms with Crippen LogP contribution in [0.25, 0.3) is 0 Å². The largest absolute Gasteiger partial charge is 0.345 e. The number of benzene rings is 1. The third-order valence-corrected chi connectivity index (χ3v) is 2.69. The van der Waals surface area contributed by atoms with Gasteiger partial charge in [-0.15, -0.1) is 0 Å². The monoisotopic (exact) mass is 237 g/mol. The summed E-state index contributed by atoms with van der Waals surface area (Å²) in [6.07, 6.45) is 0. The van der Waals surface area contributed by atoms with Crippen molar-refractivity contribution in [2.75, 3.05) is 19.8 Å². The predicted octanol–water partition coefficient (Wildman–Crippen LogP) is 2.49. The summed E-state index contributed by atoms with van der Waals surface area (Å²) in [6.45, 7) is 9.50. The van der Waals surface area contributed by atoms with E-state index in [0.29, 0.717) is 19.8 Å². The highest BCUT2D eigenvalue weighted by atomic mass is 16.7. The molecule has 17 heavy (non-hydrogen) atoms. The van der Waals surface area contributed by atoms with E-state index < -0.39 is 5.79 Å². The van der Waals surface area contributed by atoms with E-state index in [2.05, 4.69) is 32.0 Å². The second-order valence-electron chi connectivity index (χ2n) is 4.20. The summed E-state index contributed by atoms with van der Waals surface area (Å²) in [6, 6.07) is 6.28. The molecule has 1 rings (SSSR count). The molecule has 96 valence electrons. The van der Waals surface area contributed by atoms with Gasteiger partial charge in [-0.1, -0.05) is 29.3 Å². The van der Waals surface area contributed by atoms with Crippen molar-refractivity contribution >= 4 is 0 Å². The first kappa shape index (κ1) is 14.2. The van der Waals surface area contributed by atoms with Crippen molar-refractivity contribution in [3.63, 3.8) is 0 Å². The van der Waals surface area contributed by atoms with E-state index in [4.69, 9.17) is 15.2 Å². The average molecular weight is 237 g/mol. The van der Waals surface area contributed by atoms with E-state index in [1.54, 1.807) is 0 Å². The van der Waals surface area contributed by atoms with E-state index in [0.717, 1.165) is 5.56 Å². The highest BCUT2D eigenvalue weighted by Crippen LogP contribution is 2.28. The van der Waals surface area contributed by atoms with Crippen molar-refractivity contribution in [1.82, 2.24) is 0 Å². The summed E-state index contributed by atoms with van der Waals surface area (Å²) in [5.74, 6) is -0.805. The maximum atomic E-state index is 5.86. The fraction of sp³-hybridized carbons (Fsp3) is 0.571. The highest BCUT2D eigenvalue weighted by Gasteiger charge is 2.32. The zero-order valence-corrected chi connectivity index (χ0v) is 11.2. The summed E-state index contributed by atoms with van der Waals surface area (Å²) in [5, 5.41) is 0. The maximum absolute atomic E-state index is 5.86. The van der Waals surface area contributed by atoms with Crippen LogP contribution in [-0.2, 0) is 15.3 Å². The Hall–Kier alpha value is -0.900. The number of rotatable bonds is 6. The number of hydrogen-bond acceptors (Lipinski definition) is 3. The lowest BCUT2D eigenvalue weighted by molar-refractivity contribution is -0.235. The van der Waals surface area contributed by atoms with Crippen LogP contribution in [0.5, 0.6) is 0 Å².